The summed E-state index contributed by atoms with van der Waals surface area (Å²) in [6, 6.07) is 16.1. The molecule has 1 fully saturated rings. The number of hydrogen-bond acceptors (Lipinski definition) is 4. The standard InChI is InChI=1S/C24H30BrN3O2S/c1-17(2)16-30-22-9-8-19(14-21(22)25)23(29)27-24(31)26-20-10-12-28(13-11-20)15-18-6-4-3-5-7-18/h3-9,14,17,20H,10-13,15-16H2,1-2H3,(H2,26,27,29,31). The van der Waals surface area contributed by atoms with Crippen LogP contribution in [0.2, 0.25) is 0 Å². The number of hydrogen-bond donors (Lipinski definition) is 2. The van der Waals surface area contributed by atoms with Gasteiger partial charge >= 0.3 is 0 Å². The van der Waals surface area contributed by atoms with Gasteiger partial charge in [0.25, 0.3) is 5.91 Å². The van der Waals surface area contributed by atoms with E-state index in [1.807, 2.05) is 6.07 Å². The molecule has 1 heterocycles. The highest BCUT2D eigenvalue weighted by Crippen LogP contribution is 2.26. The summed E-state index contributed by atoms with van der Waals surface area (Å²) in [7, 11) is 0. The van der Waals surface area contributed by atoms with E-state index in [4.69, 9.17) is 17.0 Å². The van der Waals surface area contributed by atoms with Gasteiger partial charge in [-0.25, -0.2) is 0 Å². The number of carbonyl (C=O) groups is 1. The first-order valence-corrected chi connectivity index (χ1v) is 11.9. The zero-order valence-electron chi connectivity index (χ0n) is 18.1. The molecule has 1 amide bonds. The number of likely N-dealkylation sites (tertiary alicyclic amines) is 1. The second-order valence-corrected chi connectivity index (χ2v) is 9.58. The minimum atomic E-state index is -0.227. The number of halogens is 1. The molecule has 3 rings (SSSR count). The first-order valence-electron chi connectivity index (χ1n) is 10.7. The van der Waals surface area contributed by atoms with Crippen molar-refractivity contribution in [3.05, 3.63) is 64.1 Å². The molecule has 1 aliphatic rings. The molecule has 1 aliphatic heterocycles. The van der Waals surface area contributed by atoms with Gasteiger partial charge in [0.1, 0.15) is 5.75 Å². The van der Waals surface area contributed by atoms with Crippen LogP contribution in [0.4, 0.5) is 0 Å². The van der Waals surface area contributed by atoms with E-state index in [1.54, 1.807) is 18.2 Å². The number of rotatable bonds is 7. The Morgan fingerprint density at radius 2 is 1.90 bits per heavy atom. The van der Waals surface area contributed by atoms with Crippen LogP contribution in [-0.2, 0) is 6.54 Å². The summed E-state index contributed by atoms with van der Waals surface area (Å²) < 4.78 is 6.50. The molecule has 1 saturated heterocycles. The molecule has 0 atom stereocenters. The number of carbonyl (C=O) groups excluding carboxylic acids is 1. The van der Waals surface area contributed by atoms with Gasteiger partial charge in [-0.3, -0.25) is 15.0 Å². The molecule has 0 saturated carbocycles. The summed E-state index contributed by atoms with van der Waals surface area (Å²) in [5, 5.41) is 6.47. The maximum atomic E-state index is 12.6. The predicted octanol–water partition coefficient (Wildman–Crippen LogP) is 4.75. The second kappa shape index (κ2) is 11.6. The molecule has 166 valence electrons. The van der Waals surface area contributed by atoms with Gasteiger partial charge < -0.3 is 10.1 Å². The van der Waals surface area contributed by atoms with Crippen molar-refractivity contribution < 1.29 is 9.53 Å². The Morgan fingerprint density at radius 3 is 2.55 bits per heavy atom. The van der Waals surface area contributed by atoms with Crippen molar-refractivity contribution in [2.45, 2.75) is 39.3 Å². The minimum Gasteiger partial charge on any atom is -0.492 e. The maximum Gasteiger partial charge on any atom is 0.257 e. The average Bonchev–Trinajstić information content (AvgIpc) is 2.74. The lowest BCUT2D eigenvalue weighted by Crippen LogP contribution is -2.48. The Labute approximate surface area is 198 Å². The van der Waals surface area contributed by atoms with E-state index in [1.165, 1.54) is 5.56 Å². The molecule has 2 aromatic rings. The zero-order chi connectivity index (χ0) is 22.2. The van der Waals surface area contributed by atoms with Crippen molar-refractivity contribution in [2.75, 3.05) is 19.7 Å². The van der Waals surface area contributed by atoms with Gasteiger partial charge in [0.05, 0.1) is 11.1 Å². The van der Waals surface area contributed by atoms with E-state index in [2.05, 4.69) is 69.6 Å². The van der Waals surface area contributed by atoms with Crippen molar-refractivity contribution in [2.24, 2.45) is 5.92 Å². The third kappa shape index (κ3) is 7.59. The number of amides is 1. The fourth-order valence-corrected chi connectivity index (χ4v) is 4.24. The molecule has 0 unspecified atom stereocenters. The molecular formula is C24H30BrN3O2S. The summed E-state index contributed by atoms with van der Waals surface area (Å²) in [4.78, 5) is 15.0. The van der Waals surface area contributed by atoms with Gasteiger partial charge in [-0.2, -0.15) is 0 Å². The van der Waals surface area contributed by atoms with Crippen LogP contribution >= 0.6 is 28.1 Å². The largest absolute Gasteiger partial charge is 0.492 e. The Hall–Kier alpha value is -1.96. The molecule has 5 nitrogen and oxygen atoms in total. The summed E-state index contributed by atoms with van der Waals surface area (Å²) in [6.07, 6.45) is 1.99. The zero-order valence-corrected chi connectivity index (χ0v) is 20.5. The number of nitrogens with one attached hydrogen (secondary N) is 2. The van der Waals surface area contributed by atoms with E-state index in [0.29, 0.717) is 23.2 Å². The van der Waals surface area contributed by atoms with Crippen molar-refractivity contribution >= 4 is 39.2 Å². The van der Waals surface area contributed by atoms with Crippen molar-refractivity contribution in [1.82, 2.24) is 15.5 Å². The van der Waals surface area contributed by atoms with Gasteiger partial charge in [-0.1, -0.05) is 44.2 Å². The van der Waals surface area contributed by atoms with Crippen LogP contribution in [0.25, 0.3) is 0 Å². The normalized spacial score (nSPS) is 15.0. The highest BCUT2D eigenvalue weighted by Gasteiger charge is 2.20. The summed E-state index contributed by atoms with van der Waals surface area (Å²) in [6.45, 7) is 7.80. The summed E-state index contributed by atoms with van der Waals surface area (Å²) in [5.74, 6) is 0.937. The molecule has 2 N–H and O–H groups in total. The first-order chi connectivity index (χ1) is 14.9. The van der Waals surface area contributed by atoms with Crippen molar-refractivity contribution in [3.8, 4) is 5.75 Å². The van der Waals surface area contributed by atoms with Crippen LogP contribution in [0, 0.1) is 5.92 Å². The van der Waals surface area contributed by atoms with E-state index in [9.17, 15) is 4.79 Å². The molecular weight excluding hydrogens is 474 g/mol. The SMILES string of the molecule is CC(C)COc1ccc(C(=O)NC(=S)NC2CCN(Cc3ccccc3)CC2)cc1Br. The third-order valence-corrected chi connectivity index (χ3v) is 6.00. The molecule has 0 aliphatic carbocycles. The van der Waals surface area contributed by atoms with E-state index in [0.717, 1.165) is 42.7 Å². The Bertz CT molecular complexity index is 884. The fourth-order valence-electron chi connectivity index (χ4n) is 3.49. The minimum absolute atomic E-state index is 0.227. The fraction of sp³-hybridized carbons (Fsp3) is 0.417. The molecule has 31 heavy (non-hydrogen) atoms. The highest BCUT2D eigenvalue weighted by atomic mass is 79.9. The highest BCUT2D eigenvalue weighted by molar-refractivity contribution is 9.10. The number of thiocarbonyl (C=S) groups is 1. The van der Waals surface area contributed by atoms with Gasteiger partial charge in [-0.15, -0.1) is 0 Å². The number of nitrogens with zero attached hydrogens (tertiary/aromatic N) is 1. The van der Waals surface area contributed by atoms with Crippen molar-refractivity contribution in [3.63, 3.8) is 0 Å². The lowest BCUT2D eigenvalue weighted by Gasteiger charge is -2.32. The van der Waals surface area contributed by atoms with Gasteiger partial charge in [0.2, 0.25) is 0 Å². The summed E-state index contributed by atoms with van der Waals surface area (Å²) >= 11 is 8.86. The average molecular weight is 504 g/mol. The smallest absolute Gasteiger partial charge is 0.257 e. The molecule has 0 aromatic heterocycles. The molecule has 0 bridgehead atoms. The van der Waals surface area contributed by atoms with Crippen LogP contribution in [0.5, 0.6) is 5.75 Å². The predicted molar refractivity (Wildman–Crippen MR) is 132 cm³/mol. The Balaban J connectivity index is 1.43. The van der Waals surface area contributed by atoms with Crippen LogP contribution in [0.1, 0.15) is 42.6 Å². The number of piperidine rings is 1. The number of benzene rings is 2. The van der Waals surface area contributed by atoms with E-state index in [-0.39, 0.29) is 11.9 Å². The van der Waals surface area contributed by atoms with E-state index < -0.39 is 0 Å². The monoisotopic (exact) mass is 503 g/mol. The first kappa shape index (κ1) is 23.7. The molecule has 0 radical (unpaired) electrons. The van der Waals surface area contributed by atoms with Gasteiger partial charge in [-0.05, 0) is 70.7 Å². The van der Waals surface area contributed by atoms with Gasteiger partial charge in [0.15, 0.2) is 5.11 Å². The lowest BCUT2D eigenvalue weighted by molar-refractivity contribution is 0.0976. The van der Waals surface area contributed by atoms with Crippen LogP contribution in [0.3, 0.4) is 0 Å². The van der Waals surface area contributed by atoms with Crippen LogP contribution in [-0.4, -0.2) is 41.7 Å². The van der Waals surface area contributed by atoms with Crippen molar-refractivity contribution in [1.29, 1.82) is 0 Å². The molecule has 7 heteroatoms. The van der Waals surface area contributed by atoms with Crippen LogP contribution < -0.4 is 15.4 Å². The second-order valence-electron chi connectivity index (χ2n) is 8.31. The number of ether oxygens (including phenoxy) is 1. The Morgan fingerprint density at radius 1 is 1.19 bits per heavy atom. The van der Waals surface area contributed by atoms with Gasteiger partial charge in [0, 0.05) is 31.2 Å². The molecule has 2 aromatic carbocycles. The maximum absolute atomic E-state index is 12.6. The quantitative estimate of drug-likeness (QED) is 0.533. The Kier molecular flexibility index (Phi) is 8.87. The molecule has 0 spiro atoms. The topological polar surface area (TPSA) is 53.6 Å². The van der Waals surface area contributed by atoms with Crippen LogP contribution in [0.15, 0.2) is 53.0 Å². The van der Waals surface area contributed by atoms with E-state index >= 15 is 0 Å². The lowest BCUT2D eigenvalue weighted by atomic mass is 10.0. The third-order valence-electron chi connectivity index (χ3n) is 5.17. The summed E-state index contributed by atoms with van der Waals surface area (Å²) in [5.41, 5.74) is 1.87.